The summed E-state index contributed by atoms with van der Waals surface area (Å²) in [6.07, 6.45) is 0.371. The predicted octanol–water partition coefficient (Wildman–Crippen LogP) is 3.87. The molecule has 3 heteroatoms. The largest absolute Gasteiger partial charge is 0.388 e. The van der Waals surface area contributed by atoms with Gasteiger partial charge in [-0.15, -0.1) is 6.58 Å². The van der Waals surface area contributed by atoms with Crippen LogP contribution in [0.5, 0.6) is 0 Å². The first-order chi connectivity index (χ1) is 7.00. The van der Waals surface area contributed by atoms with Gasteiger partial charge in [-0.2, -0.15) is 0 Å². The molecule has 0 saturated heterocycles. The Morgan fingerprint density at radius 3 is 2.80 bits per heavy atom. The lowest BCUT2D eigenvalue weighted by molar-refractivity contribution is 0.163. The minimum absolute atomic E-state index is 0.292. The summed E-state index contributed by atoms with van der Waals surface area (Å²) in [6, 6.07) is 4.30. The first-order valence-electron chi connectivity index (χ1n) is 4.78. The zero-order valence-electron chi connectivity index (χ0n) is 8.63. The van der Waals surface area contributed by atoms with Crippen LogP contribution < -0.4 is 0 Å². The van der Waals surface area contributed by atoms with Gasteiger partial charge in [0.05, 0.1) is 6.10 Å². The molecule has 1 aromatic rings. The molecule has 0 aliphatic heterocycles. The van der Waals surface area contributed by atoms with Crippen LogP contribution in [0.3, 0.4) is 0 Å². The Bertz CT molecular complexity index is 363. The molecule has 0 radical (unpaired) electrons. The fourth-order valence-corrected chi connectivity index (χ4v) is 1.47. The SMILES string of the molecule is C=C(C)CCC(O)c1ccc(Cl)cc1F. The number of aliphatic hydroxyl groups excluding tert-OH is 1. The van der Waals surface area contributed by atoms with Crippen molar-refractivity contribution in [2.24, 2.45) is 0 Å². The van der Waals surface area contributed by atoms with E-state index < -0.39 is 11.9 Å². The molecule has 15 heavy (non-hydrogen) atoms. The van der Waals surface area contributed by atoms with Crippen LogP contribution in [0.15, 0.2) is 30.4 Å². The lowest BCUT2D eigenvalue weighted by Crippen LogP contribution is -2.00. The van der Waals surface area contributed by atoms with Crippen molar-refractivity contribution in [3.05, 3.63) is 46.8 Å². The molecular weight excluding hydrogens is 215 g/mol. The van der Waals surface area contributed by atoms with Crippen LogP contribution in [0.1, 0.15) is 31.4 Å². The standard InChI is InChI=1S/C12H14ClFO/c1-8(2)3-6-12(15)10-5-4-9(13)7-11(10)14/h4-5,7,12,15H,1,3,6H2,2H3. The first-order valence-corrected chi connectivity index (χ1v) is 5.16. The fraction of sp³-hybridized carbons (Fsp3) is 0.333. The van der Waals surface area contributed by atoms with Crippen LogP contribution in [-0.4, -0.2) is 5.11 Å². The molecule has 1 N–H and O–H groups in total. The van der Waals surface area contributed by atoms with Gasteiger partial charge in [0, 0.05) is 10.6 Å². The summed E-state index contributed by atoms with van der Waals surface area (Å²) in [5.74, 6) is -0.461. The van der Waals surface area contributed by atoms with E-state index in [1.54, 1.807) is 6.07 Å². The lowest BCUT2D eigenvalue weighted by atomic mass is 10.0. The van der Waals surface area contributed by atoms with Gasteiger partial charge >= 0.3 is 0 Å². The van der Waals surface area contributed by atoms with Gasteiger partial charge in [-0.05, 0) is 31.9 Å². The molecule has 0 fully saturated rings. The Labute approximate surface area is 94.2 Å². The molecule has 0 aliphatic carbocycles. The summed E-state index contributed by atoms with van der Waals surface area (Å²) >= 11 is 5.61. The molecule has 1 rings (SSSR count). The van der Waals surface area contributed by atoms with E-state index in [0.717, 1.165) is 5.57 Å². The van der Waals surface area contributed by atoms with Crippen molar-refractivity contribution >= 4 is 11.6 Å². The van der Waals surface area contributed by atoms with Gasteiger partial charge in [0.15, 0.2) is 0 Å². The lowest BCUT2D eigenvalue weighted by Gasteiger charge is -2.11. The second-order valence-corrected chi connectivity index (χ2v) is 4.11. The summed E-state index contributed by atoms with van der Waals surface area (Å²) in [7, 11) is 0. The van der Waals surface area contributed by atoms with E-state index in [-0.39, 0.29) is 0 Å². The Morgan fingerprint density at radius 1 is 1.60 bits per heavy atom. The highest BCUT2D eigenvalue weighted by Crippen LogP contribution is 2.24. The van der Waals surface area contributed by atoms with Crippen LogP contribution in [-0.2, 0) is 0 Å². The predicted molar refractivity (Wildman–Crippen MR) is 60.4 cm³/mol. The molecule has 82 valence electrons. The minimum atomic E-state index is -0.793. The molecule has 0 aliphatic rings. The Morgan fingerprint density at radius 2 is 2.27 bits per heavy atom. The normalized spacial score (nSPS) is 12.5. The van der Waals surface area contributed by atoms with Gasteiger partial charge < -0.3 is 5.11 Å². The van der Waals surface area contributed by atoms with Crippen molar-refractivity contribution in [2.45, 2.75) is 25.9 Å². The number of allylic oxidation sites excluding steroid dienone is 1. The van der Waals surface area contributed by atoms with Crippen LogP contribution in [0.25, 0.3) is 0 Å². The van der Waals surface area contributed by atoms with Gasteiger partial charge in [-0.25, -0.2) is 4.39 Å². The van der Waals surface area contributed by atoms with Gasteiger partial charge in [0.2, 0.25) is 0 Å². The molecular formula is C12H14ClFO. The van der Waals surface area contributed by atoms with Crippen molar-refractivity contribution in [3.8, 4) is 0 Å². The number of benzene rings is 1. The number of hydrogen-bond donors (Lipinski definition) is 1. The Balaban J connectivity index is 2.73. The monoisotopic (exact) mass is 228 g/mol. The zero-order chi connectivity index (χ0) is 11.4. The maximum Gasteiger partial charge on any atom is 0.130 e. The zero-order valence-corrected chi connectivity index (χ0v) is 9.39. The van der Waals surface area contributed by atoms with E-state index in [1.165, 1.54) is 12.1 Å². The van der Waals surface area contributed by atoms with E-state index in [0.29, 0.717) is 23.4 Å². The average molecular weight is 229 g/mol. The highest BCUT2D eigenvalue weighted by atomic mass is 35.5. The van der Waals surface area contributed by atoms with Gasteiger partial charge in [0.25, 0.3) is 0 Å². The number of rotatable bonds is 4. The van der Waals surface area contributed by atoms with Crippen LogP contribution in [0.4, 0.5) is 4.39 Å². The maximum atomic E-state index is 13.4. The van der Waals surface area contributed by atoms with Gasteiger partial charge in [-0.3, -0.25) is 0 Å². The summed E-state index contributed by atoms with van der Waals surface area (Å²) in [5, 5.41) is 10.1. The van der Waals surface area contributed by atoms with Crippen molar-refractivity contribution in [1.82, 2.24) is 0 Å². The number of hydrogen-bond acceptors (Lipinski definition) is 1. The Kier molecular flexibility index (Phi) is 4.30. The molecule has 0 aromatic heterocycles. The quantitative estimate of drug-likeness (QED) is 0.776. The van der Waals surface area contributed by atoms with Crippen molar-refractivity contribution in [3.63, 3.8) is 0 Å². The van der Waals surface area contributed by atoms with E-state index in [9.17, 15) is 9.50 Å². The van der Waals surface area contributed by atoms with Crippen LogP contribution in [0, 0.1) is 5.82 Å². The third-order valence-corrected chi connectivity index (χ3v) is 2.40. The van der Waals surface area contributed by atoms with Crippen molar-refractivity contribution in [2.75, 3.05) is 0 Å². The molecule has 1 unspecified atom stereocenters. The third-order valence-electron chi connectivity index (χ3n) is 2.17. The number of halogens is 2. The van der Waals surface area contributed by atoms with Crippen LogP contribution >= 0.6 is 11.6 Å². The second-order valence-electron chi connectivity index (χ2n) is 3.68. The molecule has 0 spiro atoms. The molecule has 0 bridgehead atoms. The summed E-state index contributed by atoms with van der Waals surface area (Å²) in [6.45, 7) is 5.61. The molecule has 0 amide bonds. The molecule has 1 atom stereocenters. The van der Waals surface area contributed by atoms with Gasteiger partial charge in [0.1, 0.15) is 5.82 Å². The van der Waals surface area contributed by atoms with Gasteiger partial charge in [-0.1, -0.05) is 23.2 Å². The average Bonchev–Trinajstić information content (AvgIpc) is 2.14. The topological polar surface area (TPSA) is 20.2 Å². The van der Waals surface area contributed by atoms with Crippen molar-refractivity contribution in [1.29, 1.82) is 0 Å². The molecule has 0 saturated carbocycles. The minimum Gasteiger partial charge on any atom is -0.388 e. The van der Waals surface area contributed by atoms with E-state index in [2.05, 4.69) is 6.58 Å². The summed E-state index contributed by atoms with van der Waals surface area (Å²) in [5.41, 5.74) is 1.27. The molecule has 0 heterocycles. The maximum absolute atomic E-state index is 13.4. The first kappa shape index (κ1) is 12.2. The fourth-order valence-electron chi connectivity index (χ4n) is 1.31. The molecule has 1 nitrogen and oxygen atoms in total. The van der Waals surface area contributed by atoms with E-state index >= 15 is 0 Å². The van der Waals surface area contributed by atoms with E-state index in [1.807, 2.05) is 6.92 Å². The summed E-state index contributed by atoms with van der Waals surface area (Å²) < 4.78 is 13.4. The highest BCUT2D eigenvalue weighted by Gasteiger charge is 2.12. The molecule has 1 aromatic carbocycles. The number of aliphatic hydroxyl groups is 1. The second kappa shape index (κ2) is 5.29. The highest BCUT2D eigenvalue weighted by molar-refractivity contribution is 6.30. The van der Waals surface area contributed by atoms with Crippen LogP contribution in [0.2, 0.25) is 5.02 Å². The van der Waals surface area contributed by atoms with E-state index in [4.69, 9.17) is 11.6 Å². The smallest absolute Gasteiger partial charge is 0.130 e. The third kappa shape index (κ3) is 3.65. The van der Waals surface area contributed by atoms with Crippen molar-refractivity contribution < 1.29 is 9.50 Å². The summed E-state index contributed by atoms with van der Waals surface area (Å²) in [4.78, 5) is 0. The Hall–Kier alpha value is -0.860.